The molecule has 1 N–H and O–H groups in total. The van der Waals surface area contributed by atoms with Gasteiger partial charge in [0.2, 0.25) is 5.91 Å². The van der Waals surface area contributed by atoms with Gasteiger partial charge in [-0.05, 0) is 48.0 Å². The van der Waals surface area contributed by atoms with Gasteiger partial charge in [-0.2, -0.15) is 0 Å². The fraction of sp³-hybridized carbons (Fsp3) is 0.684. The largest absolute Gasteiger partial charge is 0.478 e. The van der Waals surface area contributed by atoms with E-state index in [1.54, 1.807) is 41.5 Å². The quantitative estimate of drug-likeness (QED) is 0.479. The van der Waals surface area contributed by atoms with E-state index in [1.165, 1.54) is 4.90 Å². The molecular formula is C19H31NO7. The standard InChI is InChI=1S/C19H31NO7/c1-18(2,3)26-16(24)8-7-12-20(14(21)9-10-15(22)23)13-11-17(25)27-19(4,5)6/h9-10H,7-8,11-13H2,1-6H3,(H,22,23)/b10-9+. The molecule has 0 rings (SSSR count). The summed E-state index contributed by atoms with van der Waals surface area (Å²) in [6.07, 6.45) is 2.06. The number of ether oxygens (including phenoxy) is 2. The van der Waals surface area contributed by atoms with Crippen LogP contribution in [0.15, 0.2) is 12.2 Å². The van der Waals surface area contributed by atoms with Gasteiger partial charge in [0.05, 0.1) is 6.42 Å². The van der Waals surface area contributed by atoms with Gasteiger partial charge in [-0.15, -0.1) is 0 Å². The lowest BCUT2D eigenvalue weighted by Gasteiger charge is -2.24. The fourth-order valence-corrected chi connectivity index (χ4v) is 2.01. The number of carbonyl (C=O) groups excluding carboxylic acids is 3. The van der Waals surface area contributed by atoms with Crippen molar-refractivity contribution in [2.24, 2.45) is 0 Å². The molecule has 154 valence electrons. The number of carbonyl (C=O) groups is 4. The number of nitrogens with zero attached hydrogens (tertiary/aromatic N) is 1. The molecule has 0 fully saturated rings. The van der Waals surface area contributed by atoms with Crippen molar-refractivity contribution >= 4 is 23.8 Å². The Morgan fingerprint density at radius 1 is 0.815 bits per heavy atom. The molecule has 0 aromatic carbocycles. The van der Waals surface area contributed by atoms with Crippen LogP contribution in [0.2, 0.25) is 0 Å². The summed E-state index contributed by atoms with van der Waals surface area (Å²) in [5, 5.41) is 8.65. The minimum absolute atomic E-state index is 0.0314. The first-order valence-electron chi connectivity index (χ1n) is 8.83. The molecule has 0 atom stereocenters. The van der Waals surface area contributed by atoms with Crippen LogP contribution < -0.4 is 0 Å². The predicted molar refractivity (Wildman–Crippen MR) is 98.9 cm³/mol. The van der Waals surface area contributed by atoms with E-state index in [0.29, 0.717) is 6.42 Å². The SMILES string of the molecule is CC(C)(C)OC(=O)CCCN(CCC(=O)OC(C)(C)C)C(=O)/C=C/C(=O)O. The number of carboxylic acids is 1. The van der Waals surface area contributed by atoms with Crippen molar-refractivity contribution < 1.29 is 33.8 Å². The molecule has 8 nitrogen and oxygen atoms in total. The molecule has 1 amide bonds. The van der Waals surface area contributed by atoms with E-state index in [1.807, 2.05) is 0 Å². The van der Waals surface area contributed by atoms with Crippen molar-refractivity contribution in [3.05, 3.63) is 12.2 Å². The first kappa shape index (κ1) is 24.6. The van der Waals surface area contributed by atoms with Gasteiger partial charge >= 0.3 is 17.9 Å². The lowest BCUT2D eigenvalue weighted by molar-refractivity contribution is -0.157. The van der Waals surface area contributed by atoms with Gasteiger partial charge in [0, 0.05) is 31.7 Å². The predicted octanol–water partition coefficient (Wildman–Crippen LogP) is 2.31. The summed E-state index contributed by atoms with van der Waals surface area (Å²) in [4.78, 5) is 47.7. The average Bonchev–Trinajstić information content (AvgIpc) is 2.44. The maximum absolute atomic E-state index is 12.2. The van der Waals surface area contributed by atoms with Crippen molar-refractivity contribution in [3.63, 3.8) is 0 Å². The highest BCUT2D eigenvalue weighted by atomic mass is 16.6. The summed E-state index contributed by atoms with van der Waals surface area (Å²) in [7, 11) is 0. The zero-order valence-corrected chi connectivity index (χ0v) is 17.0. The zero-order chi connectivity index (χ0) is 21.3. The Hall–Kier alpha value is -2.38. The number of esters is 2. The number of amides is 1. The van der Waals surface area contributed by atoms with Crippen LogP contribution in [0.5, 0.6) is 0 Å². The number of hydrogen-bond donors (Lipinski definition) is 1. The van der Waals surface area contributed by atoms with Gasteiger partial charge in [0.15, 0.2) is 0 Å². The lowest BCUT2D eigenvalue weighted by atomic mass is 10.2. The third-order valence-corrected chi connectivity index (χ3v) is 2.91. The number of hydrogen-bond acceptors (Lipinski definition) is 6. The number of rotatable bonds is 9. The second-order valence-electron chi connectivity index (χ2n) is 8.02. The van der Waals surface area contributed by atoms with E-state index in [2.05, 4.69) is 0 Å². The Balaban J connectivity index is 4.75. The Morgan fingerprint density at radius 3 is 1.74 bits per heavy atom. The molecule has 0 aromatic rings. The van der Waals surface area contributed by atoms with Crippen molar-refractivity contribution in [2.75, 3.05) is 13.1 Å². The van der Waals surface area contributed by atoms with Crippen molar-refractivity contribution in [2.45, 2.75) is 72.0 Å². The van der Waals surface area contributed by atoms with Gasteiger partial charge in [0.25, 0.3) is 0 Å². The Kier molecular flexibility index (Phi) is 9.75. The van der Waals surface area contributed by atoms with E-state index in [9.17, 15) is 19.2 Å². The topological polar surface area (TPSA) is 110 Å². The third kappa shape index (κ3) is 14.5. The summed E-state index contributed by atoms with van der Waals surface area (Å²) in [5.41, 5.74) is -1.22. The van der Waals surface area contributed by atoms with Gasteiger partial charge in [-0.3, -0.25) is 14.4 Å². The summed E-state index contributed by atoms with van der Waals surface area (Å²) in [6.45, 7) is 10.8. The second kappa shape index (κ2) is 10.7. The Bertz CT molecular complexity index is 568. The van der Waals surface area contributed by atoms with E-state index < -0.39 is 29.0 Å². The number of aliphatic carboxylic acids is 1. The van der Waals surface area contributed by atoms with Crippen molar-refractivity contribution in [1.29, 1.82) is 0 Å². The van der Waals surface area contributed by atoms with Crippen LogP contribution in [0, 0.1) is 0 Å². The molecule has 0 saturated carbocycles. The van der Waals surface area contributed by atoms with Crippen LogP contribution in [0.1, 0.15) is 60.8 Å². The van der Waals surface area contributed by atoms with Gasteiger partial charge in [0.1, 0.15) is 11.2 Å². The van der Waals surface area contributed by atoms with E-state index in [-0.39, 0.29) is 31.9 Å². The second-order valence-corrected chi connectivity index (χ2v) is 8.02. The zero-order valence-electron chi connectivity index (χ0n) is 17.0. The molecule has 0 saturated heterocycles. The molecule has 27 heavy (non-hydrogen) atoms. The van der Waals surface area contributed by atoms with Crippen LogP contribution in [-0.2, 0) is 28.7 Å². The first-order valence-corrected chi connectivity index (χ1v) is 8.83. The minimum Gasteiger partial charge on any atom is -0.478 e. The molecule has 0 unspecified atom stereocenters. The lowest BCUT2D eigenvalue weighted by Crippen LogP contribution is -2.34. The van der Waals surface area contributed by atoms with E-state index >= 15 is 0 Å². The van der Waals surface area contributed by atoms with Crippen LogP contribution in [0.4, 0.5) is 0 Å². The van der Waals surface area contributed by atoms with Crippen molar-refractivity contribution in [1.82, 2.24) is 4.90 Å². The summed E-state index contributed by atoms with van der Waals surface area (Å²) >= 11 is 0. The van der Waals surface area contributed by atoms with Crippen LogP contribution in [0.3, 0.4) is 0 Å². The summed E-state index contributed by atoms with van der Waals surface area (Å²) in [6, 6.07) is 0. The summed E-state index contributed by atoms with van der Waals surface area (Å²) in [5.74, 6) is -2.65. The monoisotopic (exact) mass is 385 g/mol. The molecule has 0 spiro atoms. The van der Waals surface area contributed by atoms with Crippen LogP contribution >= 0.6 is 0 Å². The molecule has 0 radical (unpaired) electrons. The Morgan fingerprint density at radius 2 is 1.30 bits per heavy atom. The molecule has 0 bridgehead atoms. The molecular weight excluding hydrogens is 354 g/mol. The molecule has 0 aliphatic rings. The van der Waals surface area contributed by atoms with Gasteiger partial charge in [-0.25, -0.2) is 4.79 Å². The highest BCUT2D eigenvalue weighted by Crippen LogP contribution is 2.11. The third-order valence-electron chi connectivity index (χ3n) is 2.91. The first-order chi connectivity index (χ1) is 12.2. The number of carboxylic acid groups (broad SMARTS) is 1. The molecule has 0 heterocycles. The smallest absolute Gasteiger partial charge is 0.328 e. The molecule has 0 aromatic heterocycles. The normalized spacial score (nSPS) is 11.9. The molecule has 0 aliphatic carbocycles. The Labute approximate surface area is 160 Å². The van der Waals surface area contributed by atoms with Gasteiger partial charge < -0.3 is 19.5 Å². The van der Waals surface area contributed by atoms with Crippen molar-refractivity contribution in [3.8, 4) is 0 Å². The highest BCUT2D eigenvalue weighted by molar-refractivity contribution is 5.94. The maximum atomic E-state index is 12.2. The van der Waals surface area contributed by atoms with E-state index in [0.717, 1.165) is 12.2 Å². The molecule has 8 heteroatoms. The van der Waals surface area contributed by atoms with Gasteiger partial charge in [-0.1, -0.05) is 0 Å². The minimum atomic E-state index is -1.25. The highest BCUT2D eigenvalue weighted by Gasteiger charge is 2.20. The van der Waals surface area contributed by atoms with Crippen LogP contribution in [-0.4, -0.2) is 58.1 Å². The molecule has 0 aliphatic heterocycles. The summed E-state index contributed by atoms with van der Waals surface area (Å²) < 4.78 is 10.4. The maximum Gasteiger partial charge on any atom is 0.328 e. The van der Waals surface area contributed by atoms with Crippen LogP contribution in [0.25, 0.3) is 0 Å². The fourth-order valence-electron chi connectivity index (χ4n) is 2.01. The van der Waals surface area contributed by atoms with E-state index in [4.69, 9.17) is 14.6 Å². The average molecular weight is 385 g/mol.